The van der Waals surface area contributed by atoms with E-state index in [0.29, 0.717) is 17.8 Å². The quantitative estimate of drug-likeness (QED) is 0.838. The van der Waals surface area contributed by atoms with Gasteiger partial charge in [0.15, 0.2) is 0 Å². The molecule has 1 amide bonds. The fourth-order valence-electron chi connectivity index (χ4n) is 2.73. The van der Waals surface area contributed by atoms with E-state index in [4.69, 9.17) is 17.3 Å². The van der Waals surface area contributed by atoms with Crippen molar-refractivity contribution in [1.82, 2.24) is 10.3 Å². The number of hydrogen-bond acceptors (Lipinski definition) is 3. The van der Waals surface area contributed by atoms with Crippen LogP contribution >= 0.6 is 11.6 Å². The zero-order valence-corrected chi connectivity index (χ0v) is 12.6. The first-order valence-corrected chi connectivity index (χ1v) is 7.63. The van der Waals surface area contributed by atoms with Crippen molar-refractivity contribution < 1.29 is 4.79 Å². The van der Waals surface area contributed by atoms with Crippen molar-refractivity contribution in [3.05, 3.63) is 23.0 Å². The molecule has 2 rings (SSSR count). The number of nitrogens with zero attached hydrogens (tertiary/aromatic N) is 1. The molecule has 1 aromatic rings. The lowest BCUT2D eigenvalue weighted by Gasteiger charge is -2.26. The molecule has 0 bridgehead atoms. The van der Waals surface area contributed by atoms with Gasteiger partial charge < -0.3 is 11.1 Å². The second-order valence-electron chi connectivity index (χ2n) is 5.78. The van der Waals surface area contributed by atoms with Crippen LogP contribution in [0.5, 0.6) is 0 Å². The summed E-state index contributed by atoms with van der Waals surface area (Å²) < 4.78 is 0. The lowest BCUT2D eigenvalue weighted by atomic mass is 9.81. The van der Waals surface area contributed by atoms with Crippen LogP contribution in [0.2, 0.25) is 5.15 Å². The summed E-state index contributed by atoms with van der Waals surface area (Å²) in [6.45, 7) is 3.00. The second-order valence-corrected chi connectivity index (χ2v) is 6.14. The fraction of sp³-hybridized carbons (Fsp3) is 0.600. The van der Waals surface area contributed by atoms with Crippen LogP contribution in [0, 0.1) is 11.8 Å². The van der Waals surface area contributed by atoms with Gasteiger partial charge in [-0.1, -0.05) is 44.2 Å². The summed E-state index contributed by atoms with van der Waals surface area (Å²) in [5, 5.41) is 3.10. The highest BCUT2D eigenvalue weighted by molar-refractivity contribution is 6.32. The molecular formula is C15H22ClN3O. The lowest BCUT2D eigenvalue weighted by molar-refractivity contribution is 0.0949. The van der Waals surface area contributed by atoms with Crippen LogP contribution in [0.15, 0.2) is 12.3 Å². The first-order chi connectivity index (χ1) is 9.56. The number of nitrogen functional groups attached to an aromatic ring is 1. The van der Waals surface area contributed by atoms with E-state index in [2.05, 4.69) is 17.2 Å². The number of nitrogens with one attached hydrogen (secondary N) is 1. The molecule has 1 heterocycles. The van der Waals surface area contributed by atoms with Crippen LogP contribution in [0.1, 0.15) is 49.4 Å². The second kappa shape index (κ2) is 6.93. The van der Waals surface area contributed by atoms with Gasteiger partial charge in [-0.15, -0.1) is 0 Å². The largest absolute Gasteiger partial charge is 0.397 e. The highest BCUT2D eigenvalue weighted by atomic mass is 35.5. The van der Waals surface area contributed by atoms with Crippen molar-refractivity contribution in [3.8, 4) is 0 Å². The van der Waals surface area contributed by atoms with Crippen LogP contribution in [0.4, 0.5) is 5.69 Å². The third-order valence-electron chi connectivity index (χ3n) is 4.08. The van der Waals surface area contributed by atoms with E-state index in [1.54, 1.807) is 6.07 Å². The molecule has 0 unspecified atom stereocenters. The molecule has 110 valence electrons. The maximum absolute atomic E-state index is 12.0. The van der Waals surface area contributed by atoms with E-state index < -0.39 is 0 Å². The van der Waals surface area contributed by atoms with Gasteiger partial charge in [0.05, 0.1) is 17.4 Å². The molecule has 1 aromatic heterocycles. The molecule has 3 N–H and O–H groups in total. The van der Waals surface area contributed by atoms with E-state index in [9.17, 15) is 4.79 Å². The molecule has 1 aliphatic rings. The Morgan fingerprint density at radius 3 is 2.85 bits per heavy atom. The number of carbonyl (C=O) groups excluding carboxylic acids is 1. The van der Waals surface area contributed by atoms with E-state index in [1.807, 2.05) is 0 Å². The van der Waals surface area contributed by atoms with Crippen LogP contribution in [-0.4, -0.2) is 17.4 Å². The fourth-order valence-corrected chi connectivity index (χ4v) is 2.92. The van der Waals surface area contributed by atoms with Gasteiger partial charge in [0.1, 0.15) is 5.15 Å². The van der Waals surface area contributed by atoms with Gasteiger partial charge in [-0.05, 0) is 24.3 Å². The number of rotatable bonds is 4. The molecular weight excluding hydrogens is 274 g/mol. The minimum atomic E-state index is -0.195. The van der Waals surface area contributed by atoms with Crippen molar-refractivity contribution in [2.24, 2.45) is 11.8 Å². The Morgan fingerprint density at radius 1 is 1.45 bits per heavy atom. The molecule has 1 fully saturated rings. The molecule has 0 radical (unpaired) electrons. The minimum Gasteiger partial charge on any atom is -0.397 e. The van der Waals surface area contributed by atoms with E-state index in [-0.39, 0.29) is 11.1 Å². The summed E-state index contributed by atoms with van der Waals surface area (Å²) in [6, 6.07) is 1.56. The Hall–Kier alpha value is -1.29. The summed E-state index contributed by atoms with van der Waals surface area (Å²) in [5.41, 5.74) is 6.42. The van der Waals surface area contributed by atoms with Crippen molar-refractivity contribution >= 4 is 23.2 Å². The standard InChI is InChI=1S/C15H22ClN3O/c1-10-2-4-11(5-3-10)6-7-18-15(20)13-8-12(17)9-19-14(13)16/h8-11H,2-7,17H2,1H3,(H,18,20). The highest BCUT2D eigenvalue weighted by Crippen LogP contribution is 2.29. The predicted octanol–water partition coefficient (Wildman–Crippen LogP) is 3.26. The van der Waals surface area contributed by atoms with Crippen LogP contribution in [0.25, 0.3) is 0 Å². The summed E-state index contributed by atoms with van der Waals surface area (Å²) >= 11 is 5.91. The number of nitrogens with two attached hydrogens (primary N) is 1. The Labute approximate surface area is 125 Å². The predicted molar refractivity (Wildman–Crippen MR) is 81.7 cm³/mol. The highest BCUT2D eigenvalue weighted by Gasteiger charge is 2.18. The number of carbonyl (C=O) groups is 1. The molecule has 1 saturated carbocycles. The topological polar surface area (TPSA) is 68.0 Å². The number of amides is 1. The van der Waals surface area contributed by atoms with E-state index in [0.717, 1.165) is 18.3 Å². The van der Waals surface area contributed by atoms with Crippen LogP contribution in [-0.2, 0) is 0 Å². The summed E-state index contributed by atoms with van der Waals surface area (Å²) in [5.74, 6) is 1.40. The molecule has 0 spiro atoms. The van der Waals surface area contributed by atoms with E-state index in [1.165, 1.54) is 31.9 Å². The zero-order chi connectivity index (χ0) is 14.5. The molecule has 1 aliphatic carbocycles. The Balaban J connectivity index is 1.79. The summed E-state index contributed by atoms with van der Waals surface area (Å²) in [6.07, 6.45) is 7.65. The normalized spacial score (nSPS) is 22.5. The number of halogens is 1. The SMILES string of the molecule is CC1CCC(CCNC(=O)c2cc(N)cnc2Cl)CC1. The first-order valence-electron chi connectivity index (χ1n) is 7.25. The Kier molecular flexibility index (Phi) is 5.24. The van der Waals surface area contributed by atoms with Crippen molar-refractivity contribution in [1.29, 1.82) is 0 Å². The Morgan fingerprint density at radius 2 is 2.15 bits per heavy atom. The molecule has 0 saturated heterocycles. The maximum atomic E-state index is 12.0. The average molecular weight is 296 g/mol. The van der Waals surface area contributed by atoms with Crippen LogP contribution < -0.4 is 11.1 Å². The maximum Gasteiger partial charge on any atom is 0.254 e. The first kappa shape index (κ1) is 15.1. The van der Waals surface area contributed by atoms with Gasteiger partial charge in [-0.3, -0.25) is 4.79 Å². The monoisotopic (exact) mass is 295 g/mol. The average Bonchev–Trinajstić information content (AvgIpc) is 2.43. The minimum absolute atomic E-state index is 0.195. The van der Waals surface area contributed by atoms with Gasteiger partial charge >= 0.3 is 0 Å². The van der Waals surface area contributed by atoms with Gasteiger partial charge in [0, 0.05) is 6.54 Å². The summed E-state index contributed by atoms with van der Waals surface area (Å²) in [7, 11) is 0. The third-order valence-corrected chi connectivity index (χ3v) is 4.38. The molecule has 5 heteroatoms. The van der Waals surface area contributed by atoms with Crippen molar-refractivity contribution in [2.45, 2.75) is 39.0 Å². The third kappa shape index (κ3) is 4.10. The molecule has 20 heavy (non-hydrogen) atoms. The van der Waals surface area contributed by atoms with Gasteiger partial charge in [-0.2, -0.15) is 0 Å². The van der Waals surface area contributed by atoms with E-state index >= 15 is 0 Å². The molecule has 0 aliphatic heterocycles. The summed E-state index contributed by atoms with van der Waals surface area (Å²) in [4.78, 5) is 15.9. The smallest absolute Gasteiger partial charge is 0.254 e. The number of pyridine rings is 1. The van der Waals surface area contributed by atoms with Crippen LogP contribution in [0.3, 0.4) is 0 Å². The molecule has 4 nitrogen and oxygen atoms in total. The Bertz CT molecular complexity index is 470. The number of hydrogen-bond donors (Lipinski definition) is 2. The lowest BCUT2D eigenvalue weighted by Crippen LogP contribution is -2.27. The van der Waals surface area contributed by atoms with Crippen molar-refractivity contribution in [3.63, 3.8) is 0 Å². The van der Waals surface area contributed by atoms with Gasteiger partial charge in [-0.25, -0.2) is 4.98 Å². The number of aromatic nitrogens is 1. The molecule has 0 aromatic carbocycles. The van der Waals surface area contributed by atoms with Crippen molar-refractivity contribution in [2.75, 3.05) is 12.3 Å². The molecule has 0 atom stereocenters. The zero-order valence-electron chi connectivity index (χ0n) is 11.9. The number of anilines is 1. The van der Waals surface area contributed by atoms with Gasteiger partial charge in [0.2, 0.25) is 0 Å². The van der Waals surface area contributed by atoms with Gasteiger partial charge in [0.25, 0.3) is 5.91 Å².